The third kappa shape index (κ3) is 5.65. The lowest BCUT2D eigenvalue weighted by atomic mass is 10.0. The highest BCUT2D eigenvalue weighted by Crippen LogP contribution is 2.27. The molecule has 1 amide bonds. The highest BCUT2D eigenvalue weighted by Gasteiger charge is 2.46. The molecule has 1 heterocycles. The minimum atomic E-state index is -1.06. The van der Waals surface area contributed by atoms with Crippen molar-refractivity contribution in [3.05, 3.63) is 11.6 Å². The molecule has 0 aromatic carbocycles. The molecule has 1 rings (SSSR count). The summed E-state index contributed by atoms with van der Waals surface area (Å²) in [6, 6.07) is -1.06. The maximum atomic E-state index is 12.6. The van der Waals surface area contributed by atoms with Crippen LogP contribution in [0.15, 0.2) is 11.6 Å². The zero-order valence-electron chi connectivity index (χ0n) is 15.9. The molecule has 1 fully saturated rings. The fraction of sp³-hybridized carbons (Fsp3) is 0.722. The topological polar surface area (TPSA) is 72.9 Å². The standard InChI is InChI=1S/C18H29NO5/c1-11(2)9-12-13(20)10-19(16(22)24-18(6,7)8)14(12)15(21)23-17(3,4)5/h9,11,14H,10H2,1-8H3/t14-/m0/s1. The molecule has 0 aliphatic carbocycles. The average Bonchev–Trinajstić information content (AvgIpc) is 2.62. The third-order valence-corrected chi connectivity index (χ3v) is 3.01. The van der Waals surface area contributed by atoms with Crippen LogP contribution < -0.4 is 0 Å². The number of nitrogens with zero attached hydrogens (tertiary/aromatic N) is 1. The van der Waals surface area contributed by atoms with Crippen LogP contribution in [0.1, 0.15) is 55.4 Å². The Morgan fingerprint density at radius 2 is 1.58 bits per heavy atom. The Kier molecular flexibility index (Phi) is 5.85. The highest BCUT2D eigenvalue weighted by molar-refractivity contribution is 6.09. The van der Waals surface area contributed by atoms with Crippen LogP contribution >= 0.6 is 0 Å². The van der Waals surface area contributed by atoms with Gasteiger partial charge in [-0.1, -0.05) is 19.9 Å². The number of allylic oxidation sites excluding steroid dienone is 1. The number of hydrogen-bond acceptors (Lipinski definition) is 5. The van der Waals surface area contributed by atoms with Crippen LogP contribution in [0.3, 0.4) is 0 Å². The molecule has 1 aliphatic rings. The Morgan fingerprint density at radius 3 is 2.00 bits per heavy atom. The number of ether oxygens (including phenoxy) is 2. The second-order valence-electron chi connectivity index (χ2n) is 8.33. The normalized spacial score (nSPS) is 20.7. The fourth-order valence-corrected chi connectivity index (χ4v) is 2.30. The van der Waals surface area contributed by atoms with E-state index >= 15 is 0 Å². The molecule has 0 aromatic rings. The van der Waals surface area contributed by atoms with Crippen molar-refractivity contribution in [1.29, 1.82) is 0 Å². The summed E-state index contributed by atoms with van der Waals surface area (Å²) < 4.78 is 10.7. The van der Waals surface area contributed by atoms with E-state index in [0.717, 1.165) is 4.90 Å². The predicted octanol–water partition coefficient (Wildman–Crippen LogP) is 3.10. The molecule has 136 valence electrons. The van der Waals surface area contributed by atoms with Gasteiger partial charge in [-0.05, 0) is 47.5 Å². The van der Waals surface area contributed by atoms with Crippen molar-refractivity contribution >= 4 is 17.8 Å². The number of amides is 1. The Bertz CT molecular complexity index is 549. The maximum absolute atomic E-state index is 12.6. The van der Waals surface area contributed by atoms with Crippen molar-refractivity contribution in [2.24, 2.45) is 5.92 Å². The Hall–Kier alpha value is -1.85. The largest absolute Gasteiger partial charge is 0.458 e. The molecule has 6 nitrogen and oxygen atoms in total. The van der Waals surface area contributed by atoms with Gasteiger partial charge in [0, 0.05) is 5.57 Å². The van der Waals surface area contributed by atoms with E-state index in [1.165, 1.54) is 0 Å². The molecule has 1 atom stereocenters. The molecule has 0 radical (unpaired) electrons. The van der Waals surface area contributed by atoms with E-state index in [1.807, 2.05) is 13.8 Å². The number of carbonyl (C=O) groups excluding carboxylic acids is 3. The Morgan fingerprint density at radius 1 is 1.08 bits per heavy atom. The molecule has 0 saturated carbocycles. The molecular formula is C18H29NO5. The number of carbonyl (C=O) groups is 3. The first-order valence-corrected chi connectivity index (χ1v) is 8.18. The summed E-state index contributed by atoms with van der Waals surface area (Å²) in [5, 5.41) is 0. The highest BCUT2D eigenvalue weighted by atomic mass is 16.6. The molecule has 24 heavy (non-hydrogen) atoms. The van der Waals surface area contributed by atoms with Gasteiger partial charge in [-0.15, -0.1) is 0 Å². The summed E-state index contributed by atoms with van der Waals surface area (Å²) in [5.41, 5.74) is -1.14. The molecule has 0 N–H and O–H groups in total. The number of Topliss-reactive ketones (excluding diaryl/α,β-unsaturated/α-hetero) is 1. The van der Waals surface area contributed by atoms with Gasteiger partial charge in [0.05, 0.1) is 6.54 Å². The van der Waals surface area contributed by atoms with Gasteiger partial charge in [0.2, 0.25) is 0 Å². The zero-order valence-corrected chi connectivity index (χ0v) is 15.9. The van der Waals surface area contributed by atoms with Crippen LogP contribution in [-0.2, 0) is 19.1 Å². The quantitative estimate of drug-likeness (QED) is 0.571. The first-order valence-electron chi connectivity index (χ1n) is 8.18. The molecule has 6 heteroatoms. The first kappa shape index (κ1) is 20.2. The Labute approximate surface area is 144 Å². The van der Waals surface area contributed by atoms with Gasteiger partial charge in [-0.3, -0.25) is 9.69 Å². The van der Waals surface area contributed by atoms with Crippen LogP contribution in [0.25, 0.3) is 0 Å². The minimum absolute atomic E-state index is 0.0625. The van der Waals surface area contributed by atoms with Gasteiger partial charge in [-0.25, -0.2) is 9.59 Å². The molecule has 1 aliphatic heterocycles. The summed E-state index contributed by atoms with van der Waals surface area (Å²) in [7, 11) is 0. The van der Waals surface area contributed by atoms with Crippen molar-refractivity contribution in [1.82, 2.24) is 4.90 Å². The van der Waals surface area contributed by atoms with Crippen molar-refractivity contribution in [3.63, 3.8) is 0 Å². The zero-order chi connectivity index (χ0) is 18.9. The molecule has 0 unspecified atom stereocenters. The number of likely N-dealkylation sites (tertiary alicyclic amines) is 1. The molecule has 0 aromatic heterocycles. The van der Waals surface area contributed by atoms with Crippen LogP contribution in [-0.4, -0.2) is 46.5 Å². The lowest BCUT2D eigenvalue weighted by Crippen LogP contribution is -2.46. The van der Waals surface area contributed by atoms with Gasteiger partial charge in [0.25, 0.3) is 0 Å². The SMILES string of the molecule is CC(C)C=C1C(=O)CN(C(=O)OC(C)(C)C)[C@@H]1C(=O)OC(C)(C)C. The number of hydrogen-bond donors (Lipinski definition) is 0. The minimum Gasteiger partial charge on any atom is -0.458 e. The Balaban J connectivity index is 3.20. The summed E-state index contributed by atoms with van der Waals surface area (Å²) in [6.45, 7) is 14.0. The smallest absolute Gasteiger partial charge is 0.411 e. The van der Waals surface area contributed by atoms with E-state index in [4.69, 9.17) is 9.47 Å². The van der Waals surface area contributed by atoms with Gasteiger partial charge >= 0.3 is 12.1 Å². The molecule has 0 spiro atoms. The lowest BCUT2D eigenvalue weighted by molar-refractivity contribution is -0.158. The second-order valence-corrected chi connectivity index (χ2v) is 8.33. The van der Waals surface area contributed by atoms with Crippen molar-refractivity contribution < 1.29 is 23.9 Å². The van der Waals surface area contributed by atoms with Crippen molar-refractivity contribution in [2.45, 2.75) is 72.6 Å². The fourth-order valence-electron chi connectivity index (χ4n) is 2.30. The average molecular weight is 339 g/mol. The summed E-state index contributed by atoms with van der Waals surface area (Å²) in [6.07, 6.45) is 1.01. The number of esters is 1. The van der Waals surface area contributed by atoms with Crippen LogP contribution in [0, 0.1) is 5.92 Å². The summed E-state index contributed by atoms with van der Waals surface area (Å²) in [5.74, 6) is -0.816. The number of ketones is 1. The van der Waals surface area contributed by atoms with E-state index in [2.05, 4.69) is 0 Å². The third-order valence-electron chi connectivity index (χ3n) is 3.01. The van der Waals surface area contributed by atoms with E-state index in [9.17, 15) is 14.4 Å². The van der Waals surface area contributed by atoms with E-state index in [0.29, 0.717) is 5.57 Å². The molecular weight excluding hydrogens is 310 g/mol. The second kappa shape index (κ2) is 6.95. The van der Waals surface area contributed by atoms with Crippen molar-refractivity contribution in [3.8, 4) is 0 Å². The van der Waals surface area contributed by atoms with Gasteiger partial charge < -0.3 is 9.47 Å². The first-order chi connectivity index (χ1) is 10.7. The lowest BCUT2D eigenvalue weighted by Gasteiger charge is -2.29. The van der Waals surface area contributed by atoms with Crippen LogP contribution in [0.2, 0.25) is 0 Å². The van der Waals surface area contributed by atoms with Gasteiger partial charge in [0.1, 0.15) is 11.2 Å². The van der Waals surface area contributed by atoms with E-state index < -0.39 is 29.3 Å². The van der Waals surface area contributed by atoms with Gasteiger partial charge in [-0.2, -0.15) is 0 Å². The van der Waals surface area contributed by atoms with Crippen molar-refractivity contribution in [2.75, 3.05) is 6.54 Å². The van der Waals surface area contributed by atoms with Crippen LogP contribution in [0.4, 0.5) is 4.79 Å². The monoisotopic (exact) mass is 339 g/mol. The predicted molar refractivity (Wildman–Crippen MR) is 90.5 cm³/mol. The van der Waals surface area contributed by atoms with Crippen LogP contribution in [0.5, 0.6) is 0 Å². The summed E-state index contributed by atoms with van der Waals surface area (Å²) in [4.78, 5) is 38.5. The van der Waals surface area contributed by atoms with E-state index in [-0.39, 0.29) is 18.2 Å². The number of rotatable bonds is 2. The maximum Gasteiger partial charge on any atom is 0.411 e. The molecule has 1 saturated heterocycles. The molecule has 0 bridgehead atoms. The summed E-state index contributed by atoms with van der Waals surface area (Å²) >= 11 is 0. The van der Waals surface area contributed by atoms with E-state index in [1.54, 1.807) is 47.6 Å². The van der Waals surface area contributed by atoms with Gasteiger partial charge in [0.15, 0.2) is 11.8 Å².